The predicted octanol–water partition coefficient (Wildman–Crippen LogP) is 3.57. The summed E-state index contributed by atoms with van der Waals surface area (Å²) in [6.45, 7) is 3.45. The Labute approximate surface area is 142 Å². The fourth-order valence-corrected chi connectivity index (χ4v) is 3.31. The maximum Gasteiger partial charge on any atom is 0.232 e. The molecule has 7 heteroatoms. The summed E-state index contributed by atoms with van der Waals surface area (Å²) < 4.78 is 26.2. The van der Waals surface area contributed by atoms with E-state index < -0.39 is 10.0 Å². The molecule has 6 nitrogen and oxygen atoms in total. The number of benzene rings is 1. The molecule has 0 amide bonds. The highest BCUT2D eigenvalue weighted by molar-refractivity contribution is 7.92. The number of carbonyl (C=O) groups is 1. The van der Waals surface area contributed by atoms with Crippen molar-refractivity contribution >= 4 is 33.0 Å². The quantitative estimate of drug-likeness (QED) is 0.713. The highest BCUT2D eigenvalue weighted by Gasteiger charge is 2.09. The fraction of sp³-hybridized carbons (Fsp3) is 0.294. The molecule has 0 saturated carbocycles. The molecule has 1 aromatic carbocycles. The van der Waals surface area contributed by atoms with Crippen LogP contribution in [0.5, 0.6) is 0 Å². The molecule has 2 aromatic rings. The van der Waals surface area contributed by atoms with Gasteiger partial charge in [0.05, 0.1) is 17.6 Å². The molecule has 128 valence electrons. The van der Waals surface area contributed by atoms with Crippen molar-refractivity contribution in [2.24, 2.45) is 0 Å². The van der Waals surface area contributed by atoms with Crippen LogP contribution in [0.2, 0.25) is 0 Å². The summed E-state index contributed by atoms with van der Waals surface area (Å²) in [6.07, 6.45) is 2.90. The minimum atomic E-state index is -3.33. The van der Waals surface area contributed by atoms with Crippen LogP contribution in [0.4, 0.5) is 17.2 Å². The van der Waals surface area contributed by atoms with Crippen molar-refractivity contribution in [2.45, 2.75) is 26.7 Å². The van der Waals surface area contributed by atoms with Gasteiger partial charge in [-0.25, -0.2) is 13.4 Å². The Morgan fingerprint density at radius 2 is 1.96 bits per heavy atom. The second-order valence-electron chi connectivity index (χ2n) is 5.47. The van der Waals surface area contributed by atoms with E-state index in [0.29, 0.717) is 23.5 Å². The Hall–Kier alpha value is -2.41. The first kappa shape index (κ1) is 17.9. The molecule has 24 heavy (non-hydrogen) atoms. The van der Waals surface area contributed by atoms with Crippen LogP contribution < -0.4 is 10.0 Å². The molecular formula is C17H21N3O3S. The van der Waals surface area contributed by atoms with Crippen molar-refractivity contribution in [3.63, 3.8) is 0 Å². The summed E-state index contributed by atoms with van der Waals surface area (Å²) in [6, 6.07) is 10.4. The third-order valence-corrected chi connectivity index (χ3v) is 4.72. The molecule has 0 aliphatic carbocycles. The molecule has 0 radical (unpaired) electrons. The van der Waals surface area contributed by atoms with E-state index in [1.54, 1.807) is 30.3 Å². The molecule has 0 atom stereocenters. The van der Waals surface area contributed by atoms with E-state index in [4.69, 9.17) is 0 Å². The number of aromatic nitrogens is 1. The van der Waals surface area contributed by atoms with Crippen molar-refractivity contribution in [3.05, 3.63) is 48.2 Å². The van der Waals surface area contributed by atoms with Gasteiger partial charge in [-0.3, -0.25) is 9.52 Å². The number of Topliss-reactive ketones (excluding diaryl/α,β-unsaturated/α-hetero) is 1. The van der Waals surface area contributed by atoms with Crippen molar-refractivity contribution in [1.29, 1.82) is 0 Å². The third-order valence-electron chi connectivity index (χ3n) is 3.34. The van der Waals surface area contributed by atoms with Gasteiger partial charge in [-0.1, -0.05) is 25.5 Å². The van der Waals surface area contributed by atoms with Crippen LogP contribution >= 0.6 is 0 Å². The van der Waals surface area contributed by atoms with E-state index in [0.717, 1.165) is 12.1 Å². The Kier molecular flexibility index (Phi) is 5.92. The van der Waals surface area contributed by atoms with Gasteiger partial charge in [0, 0.05) is 11.3 Å². The van der Waals surface area contributed by atoms with Crippen molar-refractivity contribution in [3.8, 4) is 0 Å². The van der Waals surface area contributed by atoms with Gasteiger partial charge in [-0.15, -0.1) is 0 Å². The maximum atomic E-state index is 11.8. The number of anilines is 3. The number of unbranched alkanes of at least 4 members (excludes halogenated alkanes) is 1. The zero-order valence-electron chi connectivity index (χ0n) is 13.7. The molecule has 1 aromatic heterocycles. The summed E-state index contributed by atoms with van der Waals surface area (Å²) in [4.78, 5) is 15.6. The number of pyridine rings is 1. The monoisotopic (exact) mass is 347 g/mol. The van der Waals surface area contributed by atoms with Crippen LogP contribution in [0.3, 0.4) is 0 Å². The number of carbonyl (C=O) groups excluding carboxylic acids is 1. The van der Waals surface area contributed by atoms with Crippen LogP contribution in [0.15, 0.2) is 42.6 Å². The van der Waals surface area contributed by atoms with Crippen molar-refractivity contribution in [1.82, 2.24) is 4.98 Å². The van der Waals surface area contributed by atoms with E-state index in [9.17, 15) is 13.2 Å². The Morgan fingerprint density at radius 1 is 1.17 bits per heavy atom. The number of ketones is 1. The largest absolute Gasteiger partial charge is 0.340 e. The second kappa shape index (κ2) is 7.92. The Morgan fingerprint density at radius 3 is 2.58 bits per heavy atom. The number of hydrogen-bond acceptors (Lipinski definition) is 5. The van der Waals surface area contributed by atoms with E-state index >= 15 is 0 Å². The number of rotatable bonds is 8. The molecule has 1 heterocycles. The standard InChI is InChI=1S/C17H21N3O3S/c1-3-4-10-24(22,23)20-16-8-9-17(18-12-16)19-15-7-5-6-14(11-15)13(2)21/h5-9,11-12,20H,3-4,10H2,1-2H3,(H,18,19). The van der Waals surface area contributed by atoms with E-state index in [1.807, 2.05) is 13.0 Å². The molecule has 0 unspecified atom stereocenters. The highest BCUT2D eigenvalue weighted by Crippen LogP contribution is 2.18. The summed E-state index contributed by atoms with van der Waals surface area (Å²) >= 11 is 0. The third kappa shape index (κ3) is 5.34. The molecule has 0 aliphatic heterocycles. The Bertz CT molecular complexity index is 802. The smallest absolute Gasteiger partial charge is 0.232 e. The fourth-order valence-electron chi connectivity index (χ4n) is 2.06. The van der Waals surface area contributed by atoms with Crippen molar-refractivity contribution in [2.75, 3.05) is 15.8 Å². The zero-order valence-corrected chi connectivity index (χ0v) is 14.6. The van der Waals surface area contributed by atoms with Gasteiger partial charge in [-0.05, 0) is 37.6 Å². The zero-order chi connectivity index (χ0) is 17.6. The lowest BCUT2D eigenvalue weighted by atomic mass is 10.1. The van der Waals surface area contributed by atoms with Crippen LogP contribution in [0, 0.1) is 0 Å². The number of nitrogens with one attached hydrogen (secondary N) is 2. The van der Waals surface area contributed by atoms with Gasteiger partial charge < -0.3 is 5.32 Å². The second-order valence-corrected chi connectivity index (χ2v) is 7.31. The van der Waals surface area contributed by atoms with E-state index in [1.165, 1.54) is 13.1 Å². The normalized spacial score (nSPS) is 11.1. The summed E-state index contributed by atoms with van der Waals surface area (Å²) in [7, 11) is -3.33. The first-order chi connectivity index (χ1) is 11.4. The summed E-state index contributed by atoms with van der Waals surface area (Å²) in [5.41, 5.74) is 1.78. The van der Waals surface area contributed by atoms with Gasteiger partial charge in [0.25, 0.3) is 0 Å². The SMILES string of the molecule is CCCCS(=O)(=O)Nc1ccc(Nc2cccc(C(C)=O)c2)nc1. The molecule has 0 bridgehead atoms. The molecule has 2 N–H and O–H groups in total. The minimum absolute atomic E-state index is 0.0107. The highest BCUT2D eigenvalue weighted by atomic mass is 32.2. The topological polar surface area (TPSA) is 88.2 Å². The van der Waals surface area contributed by atoms with Crippen molar-refractivity contribution < 1.29 is 13.2 Å². The average Bonchev–Trinajstić information content (AvgIpc) is 2.55. The van der Waals surface area contributed by atoms with Crippen LogP contribution in [0.25, 0.3) is 0 Å². The maximum absolute atomic E-state index is 11.8. The molecule has 0 spiro atoms. The first-order valence-electron chi connectivity index (χ1n) is 7.74. The lowest BCUT2D eigenvalue weighted by Crippen LogP contribution is -2.16. The van der Waals surface area contributed by atoms with Gasteiger partial charge in [0.2, 0.25) is 10.0 Å². The lowest BCUT2D eigenvalue weighted by Gasteiger charge is -2.09. The number of hydrogen-bond donors (Lipinski definition) is 2. The molecule has 0 fully saturated rings. The molecule has 2 rings (SSSR count). The lowest BCUT2D eigenvalue weighted by molar-refractivity contribution is 0.101. The average molecular weight is 347 g/mol. The molecule has 0 aliphatic rings. The van der Waals surface area contributed by atoms with Gasteiger partial charge >= 0.3 is 0 Å². The van der Waals surface area contributed by atoms with E-state index in [-0.39, 0.29) is 11.5 Å². The minimum Gasteiger partial charge on any atom is -0.340 e. The van der Waals surface area contributed by atoms with Gasteiger partial charge in [-0.2, -0.15) is 0 Å². The summed E-state index contributed by atoms with van der Waals surface area (Å²) in [5.74, 6) is 0.650. The first-order valence-corrected chi connectivity index (χ1v) is 9.39. The Balaban J connectivity index is 2.04. The summed E-state index contributed by atoms with van der Waals surface area (Å²) in [5, 5.41) is 3.08. The number of nitrogens with zero attached hydrogens (tertiary/aromatic N) is 1. The van der Waals surface area contributed by atoms with Gasteiger partial charge in [0.15, 0.2) is 5.78 Å². The van der Waals surface area contributed by atoms with Crippen LogP contribution in [-0.2, 0) is 10.0 Å². The predicted molar refractivity (Wildman–Crippen MR) is 96.3 cm³/mol. The van der Waals surface area contributed by atoms with E-state index in [2.05, 4.69) is 15.0 Å². The number of sulfonamides is 1. The van der Waals surface area contributed by atoms with Crippen LogP contribution in [-0.4, -0.2) is 24.9 Å². The van der Waals surface area contributed by atoms with Crippen LogP contribution in [0.1, 0.15) is 37.0 Å². The molecule has 0 saturated heterocycles. The molecular weight excluding hydrogens is 326 g/mol. The van der Waals surface area contributed by atoms with Gasteiger partial charge in [0.1, 0.15) is 5.82 Å².